The third-order valence-electron chi connectivity index (χ3n) is 2.72. The summed E-state index contributed by atoms with van der Waals surface area (Å²) in [6, 6.07) is 4.36. The quantitative estimate of drug-likeness (QED) is 0.775. The van der Waals surface area contributed by atoms with Crippen molar-refractivity contribution in [3.63, 3.8) is 0 Å². The predicted molar refractivity (Wildman–Crippen MR) is 66.7 cm³/mol. The zero-order chi connectivity index (χ0) is 13.2. The number of ether oxygens (including phenoxy) is 2. The summed E-state index contributed by atoms with van der Waals surface area (Å²) in [6.45, 7) is 1.03. The first kappa shape index (κ1) is 13.1. The first-order chi connectivity index (χ1) is 8.47. The molecule has 0 radical (unpaired) electrons. The molecule has 1 aromatic rings. The molecular weight excluding hydrogens is 256 g/mol. The Morgan fingerprint density at radius 3 is 2.83 bits per heavy atom. The second-order valence-corrected chi connectivity index (χ2v) is 5.73. The summed E-state index contributed by atoms with van der Waals surface area (Å²) in [5.41, 5.74) is 5.86. The molecule has 2 rings (SSSR count). The number of primary sulfonamides is 1. The van der Waals surface area contributed by atoms with E-state index in [4.69, 9.17) is 20.3 Å². The van der Waals surface area contributed by atoms with Gasteiger partial charge in [-0.1, -0.05) is 0 Å². The van der Waals surface area contributed by atoms with E-state index < -0.39 is 10.0 Å². The number of anilines is 1. The highest BCUT2D eigenvalue weighted by molar-refractivity contribution is 7.89. The van der Waals surface area contributed by atoms with E-state index in [1.807, 2.05) is 0 Å². The van der Waals surface area contributed by atoms with Crippen molar-refractivity contribution in [2.24, 2.45) is 5.14 Å². The zero-order valence-corrected chi connectivity index (χ0v) is 10.7. The van der Waals surface area contributed by atoms with Crippen molar-refractivity contribution in [3.8, 4) is 5.75 Å². The minimum atomic E-state index is -3.85. The highest BCUT2D eigenvalue weighted by Gasteiger charge is 2.19. The van der Waals surface area contributed by atoms with Gasteiger partial charge in [0.1, 0.15) is 17.3 Å². The van der Waals surface area contributed by atoms with Gasteiger partial charge in [-0.15, -0.1) is 0 Å². The number of benzene rings is 1. The van der Waals surface area contributed by atoms with Crippen LogP contribution in [0.2, 0.25) is 0 Å². The summed E-state index contributed by atoms with van der Waals surface area (Å²) in [7, 11) is -3.85. The average Bonchev–Trinajstić information content (AvgIpc) is 2.79. The number of nitrogens with two attached hydrogens (primary N) is 2. The van der Waals surface area contributed by atoms with Crippen molar-refractivity contribution in [1.29, 1.82) is 0 Å². The molecule has 1 atom stereocenters. The van der Waals surface area contributed by atoms with Crippen LogP contribution in [0.25, 0.3) is 0 Å². The van der Waals surface area contributed by atoms with E-state index in [0.29, 0.717) is 12.3 Å². The van der Waals surface area contributed by atoms with Crippen LogP contribution in [0.15, 0.2) is 23.1 Å². The lowest BCUT2D eigenvalue weighted by molar-refractivity contribution is 0.0669. The molecule has 0 aromatic heterocycles. The van der Waals surface area contributed by atoms with E-state index in [0.717, 1.165) is 19.4 Å². The molecule has 1 aromatic carbocycles. The van der Waals surface area contributed by atoms with Crippen LogP contribution < -0.4 is 15.6 Å². The summed E-state index contributed by atoms with van der Waals surface area (Å²) in [5.74, 6) is 0.210. The monoisotopic (exact) mass is 272 g/mol. The van der Waals surface area contributed by atoms with Crippen LogP contribution in [0.4, 0.5) is 5.69 Å². The molecule has 0 aliphatic carbocycles. The zero-order valence-electron chi connectivity index (χ0n) is 9.83. The third-order valence-corrected chi connectivity index (χ3v) is 3.66. The fourth-order valence-corrected chi connectivity index (χ4v) is 2.53. The number of nitrogen functional groups attached to an aromatic ring is 1. The molecule has 6 nitrogen and oxygen atoms in total. The fraction of sp³-hybridized carbons (Fsp3) is 0.455. The van der Waals surface area contributed by atoms with E-state index in [1.165, 1.54) is 12.1 Å². The minimum absolute atomic E-state index is 0.0101. The fourth-order valence-electron chi connectivity index (χ4n) is 1.82. The summed E-state index contributed by atoms with van der Waals surface area (Å²) in [6.07, 6.45) is 1.92. The van der Waals surface area contributed by atoms with Crippen LogP contribution >= 0.6 is 0 Å². The summed E-state index contributed by atoms with van der Waals surface area (Å²) in [4.78, 5) is -0.0968. The summed E-state index contributed by atoms with van der Waals surface area (Å²) < 4.78 is 33.7. The van der Waals surface area contributed by atoms with Crippen LogP contribution in [0.3, 0.4) is 0 Å². The van der Waals surface area contributed by atoms with E-state index in [2.05, 4.69) is 0 Å². The molecule has 0 amide bonds. The lowest BCUT2D eigenvalue weighted by Crippen LogP contribution is -2.19. The van der Waals surface area contributed by atoms with Gasteiger partial charge in [0.2, 0.25) is 10.0 Å². The number of sulfonamides is 1. The molecule has 7 heteroatoms. The van der Waals surface area contributed by atoms with Crippen LogP contribution in [0.5, 0.6) is 5.75 Å². The highest BCUT2D eigenvalue weighted by Crippen LogP contribution is 2.26. The lowest BCUT2D eigenvalue weighted by Gasteiger charge is -2.14. The summed E-state index contributed by atoms with van der Waals surface area (Å²) in [5, 5.41) is 5.12. The lowest BCUT2D eigenvalue weighted by atomic mass is 10.2. The van der Waals surface area contributed by atoms with Gasteiger partial charge in [0.15, 0.2) is 0 Å². The van der Waals surface area contributed by atoms with E-state index in [1.54, 1.807) is 6.07 Å². The Balaban J connectivity index is 2.16. The molecule has 1 unspecified atom stereocenters. The van der Waals surface area contributed by atoms with Gasteiger partial charge in [-0.25, -0.2) is 13.6 Å². The highest BCUT2D eigenvalue weighted by atomic mass is 32.2. The van der Waals surface area contributed by atoms with E-state index in [-0.39, 0.29) is 16.7 Å². The maximum absolute atomic E-state index is 11.4. The summed E-state index contributed by atoms with van der Waals surface area (Å²) >= 11 is 0. The van der Waals surface area contributed by atoms with Gasteiger partial charge in [-0.2, -0.15) is 0 Å². The largest absolute Gasteiger partial charge is 0.489 e. The first-order valence-corrected chi connectivity index (χ1v) is 7.18. The van der Waals surface area contributed by atoms with Crippen molar-refractivity contribution in [3.05, 3.63) is 18.2 Å². The van der Waals surface area contributed by atoms with Crippen LogP contribution in [0.1, 0.15) is 12.8 Å². The number of rotatable bonds is 4. The Morgan fingerprint density at radius 2 is 2.22 bits per heavy atom. The maximum Gasteiger partial charge on any atom is 0.241 e. The molecule has 1 aliphatic rings. The van der Waals surface area contributed by atoms with Crippen LogP contribution in [0, 0.1) is 0 Å². The molecular formula is C11H16N2O4S. The molecule has 1 fully saturated rings. The Kier molecular flexibility index (Phi) is 3.74. The molecule has 0 saturated carbocycles. The average molecular weight is 272 g/mol. The van der Waals surface area contributed by atoms with Crippen molar-refractivity contribution in [2.75, 3.05) is 18.9 Å². The first-order valence-electron chi connectivity index (χ1n) is 5.63. The number of hydrogen-bond acceptors (Lipinski definition) is 5. The molecule has 100 valence electrons. The molecule has 4 N–H and O–H groups in total. The molecule has 1 saturated heterocycles. The smallest absolute Gasteiger partial charge is 0.241 e. The van der Waals surface area contributed by atoms with Crippen LogP contribution in [-0.2, 0) is 14.8 Å². The van der Waals surface area contributed by atoms with Gasteiger partial charge in [0.25, 0.3) is 0 Å². The second-order valence-electron chi connectivity index (χ2n) is 4.20. The second kappa shape index (κ2) is 5.13. The molecule has 1 heterocycles. The van der Waals surface area contributed by atoms with Gasteiger partial charge >= 0.3 is 0 Å². The Morgan fingerprint density at radius 1 is 1.44 bits per heavy atom. The topological polar surface area (TPSA) is 105 Å². The molecule has 1 aliphatic heterocycles. The number of hydrogen-bond donors (Lipinski definition) is 2. The van der Waals surface area contributed by atoms with Crippen molar-refractivity contribution >= 4 is 15.7 Å². The SMILES string of the molecule is Nc1ccc(OCC2CCCO2)c(S(N)(=O)=O)c1. The van der Waals surface area contributed by atoms with Crippen molar-refractivity contribution in [2.45, 2.75) is 23.8 Å². The van der Waals surface area contributed by atoms with Crippen molar-refractivity contribution < 1.29 is 17.9 Å². The van der Waals surface area contributed by atoms with Gasteiger partial charge in [-0.3, -0.25) is 0 Å². The molecule has 18 heavy (non-hydrogen) atoms. The third kappa shape index (κ3) is 3.12. The van der Waals surface area contributed by atoms with Gasteiger partial charge in [-0.05, 0) is 31.0 Å². The van der Waals surface area contributed by atoms with Crippen LogP contribution in [-0.4, -0.2) is 27.7 Å². The van der Waals surface area contributed by atoms with Gasteiger partial charge in [0.05, 0.1) is 6.10 Å². The normalized spacial score (nSPS) is 19.9. The Bertz CT molecular complexity index is 524. The van der Waals surface area contributed by atoms with E-state index >= 15 is 0 Å². The maximum atomic E-state index is 11.4. The molecule has 0 bridgehead atoms. The van der Waals surface area contributed by atoms with Gasteiger partial charge < -0.3 is 15.2 Å². The van der Waals surface area contributed by atoms with E-state index in [9.17, 15) is 8.42 Å². The minimum Gasteiger partial charge on any atom is -0.489 e. The standard InChI is InChI=1S/C11H16N2O4S/c12-8-3-4-10(11(6-8)18(13,14)15)17-7-9-2-1-5-16-9/h3-4,6,9H,1-2,5,7,12H2,(H2,13,14,15). The predicted octanol–water partition coefficient (Wildman–Crippen LogP) is 0.474. The Labute approximate surface area is 106 Å². The molecule has 0 spiro atoms. The van der Waals surface area contributed by atoms with Crippen molar-refractivity contribution in [1.82, 2.24) is 0 Å². The Hall–Kier alpha value is -1.31. The van der Waals surface area contributed by atoms with Gasteiger partial charge in [0, 0.05) is 12.3 Å².